The van der Waals surface area contributed by atoms with Crippen LogP contribution in [0, 0.1) is 13.8 Å². The van der Waals surface area contributed by atoms with Crippen molar-refractivity contribution in [3.8, 4) is 11.1 Å². The van der Waals surface area contributed by atoms with Crippen molar-refractivity contribution in [1.29, 1.82) is 0 Å². The van der Waals surface area contributed by atoms with Crippen LogP contribution in [-0.2, 0) is 7.05 Å². The summed E-state index contributed by atoms with van der Waals surface area (Å²) < 4.78 is 6.68. The quantitative estimate of drug-likeness (QED) is 0.695. The standard InChI is InChI=1S/C16H13ClN3O2/c1-9-14(10(2)22-19-9)13-8-20(3)18-15(13)16(21)11-4-6-12(17)7-5-11/h4-8H,2H2,1,3H3. The smallest absolute Gasteiger partial charge is 0.213 e. The average molecular weight is 315 g/mol. The van der Waals surface area contributed by atoms with Gasteiger partial charge < -0.3 is 4.52 Å². The number of hydrogen-bond donors (Lipinski definition) is 0. The van der Waals surface area contributed by atoms with Crippen LogP contribution in [0.3, 0.4) is 0 Å². The van der Waals surface area contributed by atoms with Crippen molar-refractivity contribution in [2.45, 2.75) is 6.92 Å². The number of aryl methyl sites for hydroxylation is 2. The fraction of sp³-hybridized carbons (Fsp3) is 0.125. The topological polar surface area (TPSA) is 60.9 Å². The number of nitrogens with zero attached hydrogens (tertiary/aromatic N) is 3. The summed E-state index contributed by atoms with van der Waals surface area (Å²) in [7, 11) is 1.76. The first-order chi connectivity index (χ1) is 10.5. The predicted molar refractivity (Wildman–Crippen MR) is 82.8 cm³/mol. The third-order valence-corrected chi connectivity index (χ3v) is 3.60. The van der Waals surface area contributed by atoms with Crippen molar-refractivity contribution in [2.24, 2.45) is 7.05 Å². The molecule has 111 valence electrons. The summed E-state index contributed by atoms with van der Waals surface area (Å²) in [5.74, 6) is 0.225. The van der Waals surface area contributed by atoms with E-state index in [1.165, 1.54) is 0 Å². The summed E-state index contributed by atoms with van der Waals surface area (Å²) in [6.07, 6.45) is 1.76. The van der Waals surface area contributed by atoms with E-state index in [9.17, 15) is 4.79 Å². The number of benzene rings is 1. The Balaban J connectivity index is 2.12. The molecule has 0 N–H and O–H groups in total. The van der Waals surface area contributed by atoms with Crippen molar-refractivity contribution < 1.29 is 9.32 Å². The normalized spacial score (nSPS) is 10.9. The van der Waals surface area contributed by atoms with Gasteiger partial charge in [-0.05, 0) is 31.2 Å². The van der Waals surface area contributed by atoms with E-state index in [1.54, 1.807) is 49.1 Å². The molecular formula is C16H13ClN3O2. The number of aromatic nitrogens is 3. The van der Waals surface area contributed by atoms with Crippen LogP contribution in [0.5, 0.6) is 0 Å². The zero-order valence-electron chi connectivity index (χ0n) is 12.1. The molecule has 0 aliphatic carbocycles. The van der Waals surface area contributed by atoms with Crippen LogP contribution < -0.4 is 0 Å². The van der Waals surface area contributed by atoms with Gasteiger partial charge in [0.2, 0.25) is 5.78 Å². The molecule has 3 aromatic rings. The zero-order chi connectivity index (χ0) is 15.9. The Hall–Kier alpha value is -2.40. The zero-order valence-corrected chi connectivity index (χ0v) is 12.9. The molecule has 0 spiro atoms. The highest BCUT2D eigenvalue weighted by atomic mass is 35.5. The largest absolute Gasteiger partial charge is 0.360 e. The summed E-state index contributed by atoms with van der Waals surface area (Å²) in [5.41, 5.74) is 2.88. The number of carbonyl (C=O) groups is 1. The van der Waals surface area contributed by atoms with E-state index in [0.29, 0.717) is 38.9 Å². The highest BCUT2D eigenvalue weighted by Gasteiger charge is 2.23. The molecule has 0 unspecified atom stereocenters. The van der Waals surface area contributed by atoms with Gasteiger partial charge in [-0.25, -0.2) is 0 Å². The van der Waals surface area contributed by atoms with E-state index >= 15 is 0 Å². The molecule has 0 atom stereocenters. The maximum absolute atomic E-state index is 12.7. The first-order valence-electron chi connectivity index (χ1n) is 6.60. The second-order valence-electron chi connectivity index (χ2n) is 4.97. The first kappa shape index (κ1) is 14.5. The molecule has 5 nitrogen and oxygen atoms in total. The van der Waals surface area contributed by atoms with Crippen LogP contribution in [0.4, 0.5) is 0 Å². The maximum atomic E-state index is 12.7. The molecule has 0 bridgehead atoms. The molecule has 0 aliphatic heterocycles. The van der Waals surface area contributed by atoms with Gasteiger partial charge in [0.1, 0.15) is 11.5 Å². The van der Waals surface area contributed by atoms with E-state index < -0.39 is 0 Å². The van der Waals surface area contributed by atoms with Gasteiger partial charge in [0.05, 0.1) is 11.3 Å². The van der Waals surface area contributed by atoms with Gasteiger partial charge in [0.15, 0.2) is 0 Å². The lowest BCUT2D eigenvalue weighted by Gasteiger charge is -2.02. The fourth-order valence-electron chi connectivity index (χ4n) is 2.34. The Labute approximate surface area is 132 Å². The summed E-state index contributed by atoms with van der Waals surface area (Å²) in [6, 6.07) is 6.70. The van der Waals surface area contributed by atoms with Crippen LogP contribution in [0.15, 0.2) is 35.0 Å². The minimum atomic E-state index is -0.188. The summed E-state index contributed by atoms with van der Waals surface area (Å²) >= 11 is 5.86. The minimum absolute atomic E-state index is 0.188. The van der Waals surface area contributed by atoms with Crippen LogP contribution in [-0.4, -0.2) is 20.7 Å². The van der Waals surface area contributed by atoms with Crippen molar-refractivity contribution in [1.82, 2.24) is 14.9 Å². The molecule has 0 saturated heterocycles. The maximum Gasteiger partial charge on any atom is 0.213 e. The number of halogens is 1. The predicted octanol–water partition coefficient (Wildman–Crippen LogP) is 3.45. The van der Waals surface area contributed by atoms with Gasteiger partial charge in [-0.1, -0.05) is 16.8 Å². The van der Waals surface area contributed by atoms with Crippen molar-refractivity contribution in [3.63, 3.8) is 0 Å². The van der Waals surface area contributed by atoms with Crippen LogP contribution in [0.2, 0.25) is 5.02 Å². The van der Waals surface area contributed by atoms with Crippen LogP contribution >= 0.6 is 11.6 Å². The van der Waals surface area contributed by atoms with Crippen LogP contribution in [0.25, 0.3) is 11.1 Å². The van der Waals surface area contributed by atoms with Crippen LogP contribution in [0.1, 0.15) is 27.5 Å². The molecule has 22 heavy (non-hydrogen) atoms. The molecule has 3 rings (SSSR count). The third kappa shape index (κ3) is 2.44. The second kappa shape index (κ2) is 5.42. The highest BCUT2D eigenvalue weighted by Crippen LogP contribution is 2.30. The Morgan fingerprint density at radius 2 is 2.00 bits per heavy atom. The minimum Gasteiger partial charge on any atom is -0.360 e. The lowest BCUT2D eigenvalue weighted by Crippen LogP contribution is -2.05. The summed E-state index contributed by atoms with van der Waals surface area (Å²) in [6.45, 7) is 5.62. The Morgan fingerprint density at radius 1 is 1.32 bits per heavy atom. The lowest BCUT2D eigenvalue weighted by molar-refractivity contribution is 0.103. The number of rotatable bonds is 3. The fourth-order valence-corrected chi connectivity index (χ4v) is 2.46. The van der Waals surface area contributed by atoms with Crippen molar-refractivity contribution in [2.75, 3.05) is 0 Å². The molecule has 0 aliphatic rings. The van der Waals surface area contributed by atoms with Crippen molar-refractivity contribution >= 4 is 17.4 Å². The van der Waals surface area contributed by atoms with Crippen molar-refractivity contribution in [3.05, 3.63) is 65.1 Å². The Morgan fingerprint density at radius 3 is 2.59 bits per heavy atom. The van der Waals surface area contributed by atoms with E-state index in [4.69, 9.17) is 16.1 Å². The summed E-state index contributed by atoms with van der Waals surface area (Å²) in [4.78, 5) is 12.7. The number of ketones is 1. The molecule has 1 aromatic carbocycles. The van der Waals surface area contributed by atoms with Gasteiger partial charge in [-0.15, -0.1) is 0 Å². The monoisotopic (exact) mass is 314 g/mol. The SMILES string of the molecule is [CH2]c1onc(C)c1-c1cn(C)nc1C(=O)c1ccc(Cl)cc1. The third-order valence-electron chi connectivity index (χ3n) is 3.35. The molecule has 2 aromatic heterocycles. The first-order valence-corrected chi connectivity index (χ1v) is 6.97. The average Bonchev–Trinajstić information content (AvgIpc) is 3.01. The van der Waals surface area contributed by atoms with E-state index in [-0.39, 0.29) is 5.78 Å². The molecule has 1 radical (unpaired) electrons. The van der Waals surface area contributed by atoms with Gasteiger partial charge in [-0.3, -0.25) is 9.48 Å². The Bertz CT molecular complexity index is 827. The molecular weight excluding hydrogens is 302 g/mol. The lowest BCUT2D eigenvalue weighted by atomic mass is 10.00. The number of hydrogen-bond acceptors (Lipinski definition) is 4. The van der Waals surface area contributed by atoms with Gasteiger partial charge in [-0.2, -0.15) is 5.10 Å². The second-order valence-corrected chi connectivity index (χ2v) is 5.40. The van der Waals surface area contributed by atoms with E-state index in [0.717, 1.165) is 0 Å². The number of carbonyl (C=O) groups excluding carboxylic acids is 1. The van der Waals surface area contributed by atoms with E-state index in [1.807, 2.05) is 0 Å². The van der Waals surface area contributed by atoms with Gasteiger partial charge >= 0.3 is 0 Å². The Kier molecular flexibility index (Phi) is 3.58. The van der Waals surface area contributed by atoms with Gasteiger partial charge in [0, 0.05) is 36.3 Å². The molecule has 0 amide bonds. The molecule has 6 heteroatoms. The summed E-state index contributed by atoms with van der Waals surface area (Å²) in [5, 5.41) is 8.74. The highest BCUT2D eigenvalue weighted by molar-refractivity contribution is 6.30. The molecule has 0 saturated carbocycles. The van der Waals surface area contributed by atoms with E-state index in [2.05, 4.69) is 17.2 Å². The van der Waals surface area contributed by atoms with Gasteiger partial charge in [0.25, 0.3) is 0 Å². The molecule has 0 fully saturated rings. The molecule has 2 heterocycles.